The van der Waals surface area contributed by atoms with Crippen LogP contribution in [0.1, 0.15) is 11.8 Å². The van der Waals surface area contributed by atoms with Crippen LogP contribution in [0, 0.1) is 5.92 Å². The minimum absolute atomic E-state index is 0.0124. The van der Waals surface area contributed by atoms with E-state index in [0.29, 0.717) is 13.1 Å². The van der Waals surface area contributed by atoms with Crippen molar-refractivity contribution in [3.63, 3.8) is 0 Å². The maximum absolute atomic E-state index is 11.6. The Labute approximate surface area is 102 Å². The second-order valence-electron chi connectivity index (χ2n) is 3.38. The first-order valence-corrected chi connectivity index (χ1v) is 6.41. The molecule has 0 aliphatic rings. The molecule has 3 nitrogen and oxygen atoms in total. The van der Waals surface area contributed by atoms with E-state index in [-0.39, 0.29) is 11.8 Å². The lowest BCUT2D eigenvalue weighted by molar-refractivity contribution is -0.124. The number of hydrogen-bond donors (Lipinski definition) is 2. The van der Waals surface area contributed by atoms with Crippen molar-refractivity contribution in [2.45, 2.75) is 13.5 Å². The Hall–Kier alpha value is -0.390. The number of amides is 1. The summed E-state index contributed by atoms with van der Waals surface area (Å²) in [5, 5.41) is 5.89. The quantitative estimate of drug-likeness (QED) is 0.871. The Morgan fingerprint density at radius 2 is 2.33 bits per heavy atom. The monoisotopic (exact) mass is 290 g/mol. The van der Waals surface area contributed by atoms with Crippen molar-refractivity contribution in [1.29, 1.82) is 0 Å². The zero-order chi connectivity index (χ0) is 11.3. The van der Waals surface area contributed by atoms with Gasteiger partial charge in [-0.15, -0.1) is 11.3 Å². The summed E-state index contributed by atoms with van der Waals surface area (Å²) < 4.78 is 1.09. The van der Waals surface area contributed by atoms with Crippen molar-refractivity contribution in [2.24, 2.45) is 5.92 Å². The predicted octanol–water partition coefficient (Wildman–Crippen LogP) is 1.98. The van der Waals surface area contributed by atoms with Crippen LogP contribution in [0.5, 0.6) is 0 Å². The Balaban J connectivity index is 2.34. The average Bonchev–Trinajstić information content (AvgIpc) is 2.61. The predicted molar refractivity (Wildman–Crippen MR) is 67.0 cm³/mol. The number of hydrogen-bond acceptors (Lipinski definition) is 3. The van der Waals surface area contributed by atoms with Gasteiger partial charge in [-0.05, 0) is 35.1 Å². The van der Waals surface area contributed by atoms with Gasteiger partial charge < -0.3 is 10.6 Å². The van der Waals surface area contributed by atoms with Crippen molar-refractivity contribution in [1.82, 2.24) is 10.6 Å². The summed E-state index contributed by atoms with van der Waals surface area (Å²) in [6, 6.07) is 4.00. The van der Waals surface area contributed by atoms with Gasteiger partial charge in [0.05, 0.1) is 10.3 Å². The molecule has 0 aromatic carbocycles. The second-order valence-corrected chi connectivity index (χ2v) is 5.93. The van der Waals surface area contributed by atoms with Crippen molar-refractivity contribution < 1.29 is 4.79 Å². The van der Waals surface area contributed by atoms with Crippen LogP contribution in [0.4, 0.5) is 0 Å². The Bertz CT molecular complexity index is 327. The third kappa shape index (κ3) is 4.32. The number of thiophene rings is 1. The van der Waals surface area contributed by atoms with Gasteiger partial charge in [0.2, 0.25) is 5.91 Å². The molecule has 5 heteroatoms. The average molecular weight is 291 g/mol. The van der Waals surface area contributed by atoms with Crippen LogP contribution < -0.4 is 10.6 Å². The Morgan fingerprint density at radius 3 is 2.87 bits per heavy atom. The Morgan fingerprint density at radius 1 is 1.60 bits per heavy atom. The molecule has 15 heavy (non-hydrogen) atoms. The zero-order valence-corrected chi connectivity index (χ0v) is 11.2. The van der Waals surface area contributed by atoms with E-state index in [1.54, 1.807) is 11.3 Å². The van der Waals surface area contributed by atoms with Gasteiger partial charge in [0.25, 0.3) is 0 Å². The third-order valence-electron chi connectivity index (χ3n) is 2.02. The molecule has 0 bridgehead atoms. The summed E-state index contributed by atoms with van der Waals surface area (Å²) in [4.78, 5) is 12.7. The molecule has 0 spiro atoms. The topological polar surface area (TPSA) is 41.1 Å². The van der Waals surface area contributed by atoms with E-state index in [1.807, 2.05) is 26.1 Å². The summed E-state index contributed by atoms with van der Waals surface area (Å²) in [7, 11) is 1.85. The molecule has 84 valence electrons. The molecule has 2 N–H and O–H groups in total. The molecule has 1 aromatic heterocycles. The van der Waals surface area contributed by atoms with Gasteiger partial charge in [-0.25, -0.2) is 0 Å². The first kappa shape index (κ1) is 12.7. The van der Waals surface area contributed by atoms with E-state index in [9.17, 15) is 4.79 Å². The fraction of sp³-hybridized carbons (Fsp3) is 0.500. The minimum Gasteiger partial charge on any atom is -0.351 e. The van der Waals surface area contributed by atoms with Crippen LogP contribution in [0.15, 0.2) is 15.9 Å². The molecule has 0 aliphatic heterocycles. The van der Waals surface area contributed by atoms with Crippen molar-refractivity contribution in [2.75, 3.05) is 13.6 Å². The number of carbonyl (C=O) groups excluding carboxylic acids is 1. The van der Waals surface area contributed by atoms with E-state index >= 15 is 0 Å². The number of nitrogens with one attached hydrogen (secondary N) is 2. The molecule has 1 amide bonds. The van der Waals surface area contributed by atoms with Crippen molar-refractivity contribution in [3.05, 3.63) is 20.8 Å². The fourth-order valence-electron chi connectivity index (χ4n) is 1.19. The fourth-order valence-corrected chi connectivity index (χ4v) is 2.62. The molecule has 0 saturated heterocycles. The molecular formula is C10H15BrN2OS. The second kappa shape index (κ2) is 6.25. The summed E-state index contributed by atoms with van der Waals surface area (Å²) in [5.41, 5.74) is 0. The smallest absolute Gasteiger partial charge is 0.224 e. The van der Waals surface area contributed by atoms with Crippen LogP contribution >= 0.6 is 27.3 Å². The lowest BCUT2D eigenvalue weighted by atomic mass is 10.1. The molecule has 0 saturated carbocycles. The zero-order valence-electron chi connectivity index (χ0n) is 8.84. The maximum atomic E-state index is 11.6. The lowest BCUT2D eigenvalue weighted by Crippen LogP contribution is -2.33. The van der Waals surface area contributed by atoms with Gasteiger partial charge in [-0.2, -0.15) is 0 Å². The van der Waals surface area contributed by atoms with Crippen LogP contribution in [0.3, 0.4) is 0 Å². The van der Waals surface area contributed by atoms with Crippen molar-refractivity contribution >= 4 is 33.2 Å². The molecule has 0 radical (unpaired) electrons. The normalized spacial score (nSPS) is 12.5. The molecule has 1 atom stereocenters. The van der Waals surface area contributed by atoms with E-state index in [0.717, 1.165) is 8.66 Å². The van der Waals surface area contributed by atoms with Gasteiger partial charge >= 0.3 is 0 Å². The Kier molecular flexibility index (Phi) is 5.28. The summed E-state index contributed by atoms with van der Waals surface area (Å²) in [5.74, 6) is 0.104. The van der Waals surface area contributed by atoms with E-state index in [2.05, 4.69) is 26.6 Å². The highest BCUT2D eigenvalue weighted by Gasteiger charge is 2.11. The van der Waals surface area contributed by atoms with Crippen LogP contribution in [-0.2, 0) is 11.3 Å². The first-order chi connectivity index (χ1) is 7.13. The maximum Gasteiger partial charge on any atom is 0.224 e. The highest BCUT2D eigenvalue weighted by atomic mass is 79.9. The van der Waals surface area contributed by atoms with Gasteiger partial charge in [0.15, 0.2) is 0 Å². The molecule has 1 heterocycles. The summed E-state index contributed by atoms with van der Waals surface area (Å²) >= 11 is 5.03. The number of rotatable bonds is 5. The number of carbonyl (C=O) groups is 1. The van der Waals surface area contributed by atoms with Gasteiger partial charge in [0.1, 0.15) is 0 Å². The molecule has 1 rings (SSSR count). The molecule has 0 fully saturated rings. The standard InChI is InChI=1S/C10H15BrN2OS/c1-7(5-12-2)10(14)13-6-8-3-4-9(11)15-8/h3-4,7,12H,5-6H2,1-2H3,(H,13,14). The molecule has 1 unspecified atom stereocenters. The van der Waals surface area contributed by atoms with E-state index in [1.165, 1.54) is 0 Å². The van der Waals surface area contributed by atoms with Crippen LogP contribution in [0.25, 0.3) is 0 Å². The summed E-state index contributed by atoms with van der Waals surface area (Å²) in [6.45, 7) is 3.24. The third-order valence-corrected chi connectivity index (χ3v) is 3.65. The molecular weight excluding hydrogens is 276 g/mol. The van der Waals surface area contributed by atoms with Gasteiger partial charge in [-0.1, -0.05) is 6.92 Å². The highest BCUT2D eigenvalue weighted by molar-refractivity contribution is 9.11. The minimum atomic E-state index is 0.0124. The van der Waals surface area contributed by atoms with Gasteiger partial charge in [0, 0.05) is 17.3 Å². The molecule has 1 aromatic rings. The highest BCUT2D eigenvalue weighted by Crippen LogP contribution is 2.21. The molecule has 0 aliphatic carbocycles. The summed E-state index contributed by atoms with van der Waals surface area (Å²) in [6.07, 6.45) is 0. The number of halogens is 1. The largest absolute Gasteiger partial charge is 0.351 e. The lowest BCUT2D eigenvalue weighted by Gasteiger charge is -2.10. The van der Waals surface area contributed by atoms with Gasteiger partial charge in [-0.3, -0.25) is 4.79 Å². The van der Waals surface area contributed by atoms with Crippen molar-refractivity contribution in [3.8, 4) is 0 Å². The first-order valence-electron chi connectivity index (χ1n) is 4.80. The van der Waals surface area contributed by atoms with Crippen LogP contribution in [-0.4, -0.2) is 19.5 Å². The van der Waals surface area contributed by atoms with E-state index in [4.69, 9.17) is 0 Å². The van der Waals surface area contributed by atoms with E-state index < -0.39 is 0 Å². The van der Waals surface area contributed by atoms with Crippen LogP contribution in [0.2, 0.25) is 0 Å². The SMILES string of the molecule is CNCC(C)C(=O)NCc1ccc(Br)s1.